The van der Waals surface area contributed by atoms with Crippen molar-refractivity contribution in [3.63, 3.8) is 0 Å². The van der Waals surface area contributed by atoms with Crippen molar-refractivity contribution < 1.29 is 29.0 Å². The lowest BCUT2D eigenvalue weighted by molar-refractivity contribution is -0.122. The zero-order chi connectivity index (χ0) is 26.0. The number of carboxylic acid groups (broad SMARTS) is 1. The average molecular weight is 525 g/mol. The molecule has 0 bridgehead atoms. The van der Waals surface area contributed by atoms with E-state index in [4.69, 9.17) is 33.0 Å². The first-order valence-corrected chi connectivity index (χ1v) is 11.3. The third-order valence-electron chi connectivity index (χ3n) is 5.38. The summed E-state index contributed by atoms with van der Waals surface area (Å²) in [5.41, 5.74) is 1.84. The van der Waals surface area contributed by atoms with E-state index < -0.39 is 23.8 Å². The standard InChI is InChI=1S/C26H18Cl2N2O6/c1-14-2-8-19(12-21(14)28)30-24(32)20(23(31)29-26(30)35)11-17-10-18(27)7-9-22(17)36-13-15-3-5-16(6-4-15)25(33)34/h2-12H,13H2,1H3,(H,33,34)(H,29,31,35)/b20-11+. The SMILES string of the molecule is Cc1ccc(N2C(=O)NC(=O)/C(=C\c3cc(Cl)ccc3OCc3ccc(C(=O)O)cc3)C2=O)cc1Cl. The van der Waals surface area contributed by atoms with Gasteiger partial charge in [-0.1, -0.05) is 41.4 Å². The second-order valence-electron chi connectivity index (χ2n) is 7.86. The number of ether oxygens (including phenoxy) is 1. The maximum absolute atomic E-state index is 13.2. The maximum atomic E-state index is 13.2. The molecule has 1 aliphatic heterocycles. The number of aromatic carboxylic acids is 1. The highest BCUT2D eigenvalue weighted by Crippen LogP contribution is 2.30. The van der Waals surface area contributed by atoms with Crippen molar-refractivity contribution in [1.82, 2.24) is 5.32 Å². The molecule has 4 rings (SSSR count). The third kappa shape index (κ3) is 5.25. The van der Waals surface area contributed by atoms with Gasteiger partial charge in [0.25, 0.3) is 11.8 Å². The number of nitrogens with zero attached hydrogens (tertiary/aromatic N) is 1. The summed E-state index contributed by atoms with van der Waals surface area (Å²) in [7, 11) is 0. The number of halogens is 2. The van der Waals surface area contributed by atoms with Gasteiger partial charge in [-0.15, -0.1) is 0 Å². The molecule has 0 aromatic heterocycles. The Labute approximate surface area is 215 Å². The smallest absolute Gasteiger partial charge is 0.335 e. The van der Waals surface area contributed by atoms with Gasteiger partial charge in [-0.25, -0.2) is 14.5 Å². The van der Waals surface area contributed by atoms with E-state index in [1.165, 1.54) is 30.3 Å². The molecule has 4 amide bonds. The van der Waals surface area contributed by atoms with Crippen LogP contribution in [0.5, 0.6) is 5.75 Å². The van der Waals surface area contributed by atoms with Crippen molar-refractivity contribution in [3.8, 4) is 5.75 Å². The fourth-order valence-corrected chi connectivity index (χ4v) is 3.79. The van der Waals surface area contributed by atoms with Crippen molar-refractivity contribution in [2.45, 2.75) is 13.5 Å². The number of aryl methyl sites for hydroxylation is 1. The molecule has 0 saturated carbocycles. The van der Waals surface area contributed by atoms with E-state index in [1.54, 1.807) is 43.3 Å². The Morgan fingerprint density at radius 1 is 1.03 bits per heavy atom. The zero-order valence-corrected chi connectivity index (χ0v) is 20.3. The molecule has 0 spiro atoms. The van der Waals surface area contributed by atoms with Crippen LogP contribution in [0.2, 0.25) is 10.0 Å². The van der Waals surface area contributed by atoms with Crippen LogP contribution >= 0.6 is 23.2 Å². The summed E-state index contributed by atoms with van der Waals surface area (Å²) in [6.07, 6.45) is 1.29. The number of amides is 4. The number of hydrogen-bond donors (Lipinski definition) is 2. The number of imide groups is 2. The Morgan fingerprint density at radius 2 is 1.75 bits per heavy atom. The van der Waals surface area contributed by atoms with Crippen LogP contribution in [0.1, 0.15) is 27.0 Å². The summed E-state index contributed by atoms with van der Waals surface area (Å²) in [5, 5.41) is 11.9. The molecule has 1 fully saturated rings. The van der Waals surface area contributed by atoms with Crippen LogP contribution in [0.25, 0.3) is 6.08 Å². The minimum atomic E-state index is -1.04. The summed E-state index contributed by atoms with van der Waals surface area (Å²) in [6.45, 7) is 1.87. The molecule has 3 aromatic rings. The van der Waals surface area contributed by atoms with Gasteiger partial charge in [-0.05, 0) is 66.6 Å². The molecule has 0 radical (unpaired) electrons. The predicted octanol–water partition coefficient (Wildman–Crippen LogP) is 5.25. The lowest BCUT2D eigenvalue weighted by Crippen LogP contribution is -2.54. The average Bonchev–Trinajstić information content (AvgIpc) is 2.83. The van der Waals surface area contributed by atoms with E-state index >= 15 is 0 Å². The first-order chi connectivity index (χ1) is 17.1. The van der Waals surface area contributed by atoms with E-state index in [-0.39, 0.29) is 23.4 Å². The van der Waals surface area contributed by atoms with Gasteiger partial charge in [0.05, 0.1) is 11.3 Å². The normalized spacial score (nSPS) is 14.7. The number of anilines is 1. The molecule has 1 aliphatic rings. The summed E-state index contributed by atoms with van der Waals surface area (Å²) in [5.74, 6) is -2.42. The third-order valence-corrected chi connectivity index (χ3v) is 6.02. The predicted molar refractivity (Wildman–Crippen MR) is 134 cm³/mol. The van der Waals surface area contributed by atoms with Crippen LogP contribution in [-0.2, 0) is 16.2 Å². The Morgan fingerprint density at radius 3 is 2.42 bits per heavy atom. The summed E-state index contributed by atoms with van der Waals surface area (Å²) >= 11 is 12.3. The Bertz CT molecular complexity index is 1430. The number of nitrogens with one attached hydrogen (secondary N) is 1. The number of rotatable bonds is 6. The quantitative estimate of drug-likeness (QED) is 0.336. The summed E-state index contributed by atoms with van der Waals surface area (Å²) in [4.78, 5) is 50.1. The van der Waals surface area contributed by atoms with Crippen molar-refractivity contribution in [2.24, 2.45) is 0 Å². The fraction of sp³-hybridized carbons (Fsp3) is 0.0769. The minimum absolute atomic E-state index is 0.0876. The van der Waals surface area contributed by atoms with E-state index in [1.807, 2.05) is 0 Å². The van der Waals surface area contributed by atoms with Gasteiger partial charge in [0.2, 0.25) is 0 Å². The van der Waals surface area contributed by atoms with Crippen LogP contribution in [0, 0.1) is 6.92 Å². The van der Waals surface area contributed by atoms with Gasteiger partial charge in [0.1, 0.15) is 17.9 Å². The molecule has 182 valence electrons. The molecular formula is C26H18Cl2N2O6. The molecule has 2 N–H and O–H groups in total. The Balaban J connectivity index is 1.64. The number of carbonyl (C=O) groups excluding carboxylic acids is 3. The number of hydrogen-bond acceptors (Lipinski definition) is 5. The summed E-state index contributed by atoms with van der Waals surface area (Å²) in [6, 6.07) is 14.6. The Hall–Kier alpha value is -4.14. The topological polar surface area (TPSA) is 113 Å². The van der Waals surface area contributed by atoms with Crippen LogP contribution < -0.4 is 15.0 Å². The molecule has 3 aromatic carbocycles. The number of urea groups is 1. The zero-order valence-electron chi connectivity index (χ0n) is 18.7. The highest BCUT2D eigenvalue weighted by atomic mass is 35.5. The molecule has 1 saturated heterocycles. The second-order valence-corrected chi connectivity index (χ2v) is 8.71. The van der Waals surface area contributed by atoms with Crippen LogP contribution in [-0.4, -0.2) is 28.9 Å². The number of carboxylic acids is 1. The molecule has 10 heteroatoms. The second kappa shape index (κ2) is 10.2. The van der Waals surface area contributed by atoms with Gasteiger partial charge in [0, 0.05) is 15.6 Å². The van der Waals surface area contributed by atoms with Crippen LogP contribution in [0.4, 0.5) is 10.5 Å². The Kier molecular flexibility index (Phi) is 7.10. The number of carbonyl (C=O) groups is 4. The molecule has 36 heavy (non-hydrogen) atoms. The molecule has 0 unspecified atom stereocenters. The van der Waals surface area contributed by atoms with E-state index in [0.29, 0.717) is 26.9 Å². The van der Waals surface area contributed by atoms with Crippen molar-refractivity contribution in [3.05, 3.63) is 98.5 Å². The lowest BCUT2D eigenvalue weighted by atomic mass is 10.1. The molecule has 0 aliphatic carbocycles. The monoisotopic (exact) mass is 524 g/mol. The van der Waals surface area contributed by atoms with Gasteiger partial charge < -0.3 is 9.84 Å². The highest BCUT2D eigenvalue weighted by Gasteiger charge is 2.37. The highest BCUT2D eigenvalue weighted by molar-refractivity contribution is 6.39. The largest absolute Gasteiger partial charge is 0.488 e. The molecule has 8 nitrogen and oxygen atoms in total. The van der Waals surface area contributed by atoms with E-state index in [0.717, 1.165) is 10.5 Å². The molecular weight excluding hydrogens is 507 g/mol. The molecule has 1 heterocycles. The van der Waals surface area contributed by atoms with Gasteiger partial charge >= 0.3 is 12.0 Å². The molecule has 0 atom stereocenters. The van der Waals surface area contributed by atoms with E-state index in [2.05, 4.69) is 5.32 Å². The first-order valence-electron chi connectivity index (χ1n) is 10.6. The van der Waals surface area contributed by atoms with Crippen molar-refractivity contribution in [1.29, 1.82) is 0 Å². The minimum Gasteiger partial charge on any atom is -0.488 e. The number of barbiturate groups is 1. The van der Waals surface area contributed by atoms with Crippen LogP contribution in [0.15, 0.2) is 66.2 Å². The number of benzene rings is 3. The first kappa shape index (κ1) is 25.0. The maximum Gasteiger partial charge on any atom is 0.335 e. The lowest BCUT2D eigenvalue weighted by Gasteiger charge is -2.26. The van der Waals surface area contributed by atoms with Gasteiger partial charge in [-0.2, -0.15) is 0 Å². The summed E-state index contributed by atoms with van der Waals surface area (Å²) < 4.78 is 5.86. The van der Waals surface area contributed by atoms with Crippen molar-refractivity contribution >= 4 is 58.8 Å². The van der Waals surface area contributed by atoms with Crippen LogP contribution in [0.3, 0.4) is 0 Å². The fourth-order valence-electron chi connectivity index (χ4n) is 3.44. The van der Waals surface area contributed by atoms with Gasteiger partial charge in [-0.3, -0.25) is 14.9 Å². The van der Waals surface area contributed by atoms with Crippen molar-refractivity contribution in [2.75, 3.05) is 4.90 Å². The van der Waals surface area contributed by atoms with E-state index in [9.17, 15) is 19.2 Å². The van der Waals surface area contributed by atoms with Gasteiger partial charge in [0.15, 0.2) is 0 Å².